The summed E-state index contributed by atoms with van der Waals surface area (Å²) < 4.78 is 7.28. The molecule has 98 valence electrons. The van der Waals surface area contributed by atoms with Crippen molar-refractivity contribution in [2.75, 3.05) is 26.8 Å². The molecule has 0 aliphatic rings. The fraction of sp³-hybridized carbons (Fsp3) is 0.500. The van der Waals surface area contributed by atoms with Gasteiger partial charge in [0.05, 0.1) is 6.54 Å². The van der Waals surface area contributed by atoms with Gasteiger partial charge in [-0.3, -0.25) is 0 Å². The van der Waals surface area contributed by atoms with Gasteiger partial charge in [-0.05, 0) is 38.1 Å². The maximum Gasteiger partial charge on any atom is 0.242 e. The minimum Gasteiger partial charge on any atom is -0.385 e. The number of imidazole rings is 1. The Labute approximate surface area is 108 Å². The molecule has 0 bridgehead atoms. The smallest absolute Gasteiger partial charge is 0.242 e. The van der Waals surface area contributed by atoms with E-state index in [1.165, 1.54) is 11.0 Å². The molecule has 0 saturated heterocycles. The number of benzene rings is 1. The summed E-state index contributed by atoms with van der Waals surface area (Å²) in [6.07, 6.45) is 4.27. The molecule has 1 aromatic heterocycles. The predicted octanol–water partition coefficient (Wildman–Crippen LogP) is 1.47. The highest BCUT2D eigenvalue weighted by atomic mass is 16.5. The molecule has 0 aliphatic carbocycles. The quantitative estimate of drug-likeness (QED) is 0.549. The Balaban J connectivity index is 1.70. The van der Waals surface area contributed by atoms with Crippen molar-refractivity contribution in [3.63, 3.8) is 0 Å². The van der Waals surface area contributed by atoms with Gasteiger partial charge in [-0.15, -0.1) is 0 Å². The Kier molecular flexibility index (Phi) is 5.17. The summed E-state index contributed by atoms with van der Waals surface area (Å²) in [5.74, 6) is 0. The second kappa shape index (κ2) is 7.13. The van der Waals surface area contributed by atoms with Crippen LogP contribution >= 0.6 is 0 Å². The maximum atomic E-state index is 5.01. The number of aromatic nitrogens is 2. The minimum absolute atomic E-state index is 0.837. The first kappa shape index (κ1) is 13.1. The molecule has 4 heteroatoms. The van der Waals surface area contributed by atoms with Gasteiger partial charge in [0, 0.05) is 13.7 Å². The Hall–Kier alpha value is -1.39. The van der Waals surface area contributed by atoms with Crippen LogP contribution in [-0.2, 0) is 11.3 Å². The molecule has 0 fully saturated rings. The van der Waals surface area contributed by atoms with Crippen LogP contribution in [0, 0.1) is 0 Å². The van der Waals surface area contributed by atoms with E-state index >= 15 is 0 Å². The van der Waals surface area contributed by atoms with Crippen molar-refractivity contribution in [3.8, 4) is 0 Å². The number of hydrogen-bond donors (Lipinski definition) is 2. The van der Waals surface area contributed by atoms with E-state index in [1.54, 1.807) is 7.11 Å². The van der Waals surface area contributed by atoms with Gasteiger partial charge in [0.25, 0.3) is 0 Å². The van der Waals surface area contributed by atoms with Crippen molar-refractivity contribution < 1.29 is 9.30 Å². The molecule has 0 spiro atoms. The molecule has 1 aromatic carbocycles. The summed E-state index contributed by atoms with van der Waals surface area (Å²) in [4.78, 5) is 3.28. The average molecular weight is 248 g/mol. The van der Waals surface area contributed by atoms with Crippen LogP contribution in [0.2, 0.25) is 0 Å². The zero-order chi connectivity index (χ0) is 12.6. The first-order valence-corrected chi connectivity index (χ1v) is 6.57. The Morgan fingerprint density at radius 3 is 2.94 bits per heavy atom. The van der Waals surface area contributed by atoms with Crippen molar-refractivity contribution in [3.05, 3.63) is 30.6 Å². The average Bonchev–Trinajstić information content (AvgIpc) is 2.81. The van der Waals surface area contributed by atoms with Crippen LogP contribution in [0.5, 0.6) is 0 Å². The third kappa shape index (κ3) is 3.55. The van der Waals surface area contributed by atoms with Crippen molar-refractivity contribution in [2.45, 2.75) is 19.4 Å². The number of hydrogen-bond acceptors (Lipinski definition) is 2. The minimum atomic E-state index is 0.837. The lowest BCUT2D eigenvalue weighted by molar-refractivity contribution is -0.671. The third-order valence-electron chi connectivity index (χ3n) is 3.04. The zero-order valence-electron chi connectivity index (χ0n) is 11.0. The van der Waals surface area contributed by atoms with Gasteiger partial charge >= 0.3 is 0 Å². The van der Waals surface area contributed by atoms with E-state index in [9.17, 15) is 0 Å². The monoisotopic (exact) mass is 248 g/mol. The standard InChI is InChI=1S/C14H21N3O/c1-18-11-5-9-15-8-4-10-17-12-16-13-6-2-3-7-14(13)17/h2-3,6-7,12,15H,4-5,8-11H2,1H3/p+1. The van der Waals surface area contributed by atoms with Crippen molar-refractivity contribution >= 4 is 11.0 Å². The van der Waals surface area contributed by atoms with Crippen molar-refractivity contribution in [1.29, 1.82) is 0 Å². The molecular formula is C14H22N3O+. The number of aromatic amines is 1. The zero-order valence-corrected chi connectivity index (χ0v) is 11.0. The molecular weight excluding hydrogens is 226 g/mol. The van der Waals surface area contributed by atoms with Crippen LogP contribution in [0.25, 0.3) is 11.0 Å². The third-order valence-corrected chi connectivity index (χ3v) is 3.04. The normalized spacial score (nSPS) is 11.2. The van der Waals surface area contributed by atoms with E-state index < -0.39 is 0 Å². The lowest BCUT2D eigenvalue weighted by Crippen LogP contribution is -2.33. The van der Waals surface area contributed by atoms with Crippen molar-refractivity contribution in [1.82, 2.24) is 10.3 Å². The summed E-state index contributed by atoms with van der Waals surface area (Å²) in [6.45, 7) is 3.97. The number of para-hydroxylation sites is 2. The molecule has 0 aliphatic heterocycles. The highest BCUT2D eigenvalue weighted by Crippen LogP contribution is 2.05. The highest BCUT2D eigenvalue weighted by Gasteiger charge is 2.07. The summed E-state index contributed by atoms with van der Waals surface area (Å²) >= 11 is 0. The van der Waals surface area contributed by atoms with Crippen LogP contribution in [0.1, 0.15) is 12.8 Å². The van der Waals surface area contributed by atoms with E-state index in [0.717, 1.165) is 39.1 Å². The predicted molar refractivity (Wildman–Crippen MR) is 72.5 cm³/mol. The number of aryl methyl sites for hydroxylation is 1. The second-order valence-corrected chi connectivity index (χ2v) is 4.43. The summed E-state index contributed by atoms with van der Waals surface area (Å²) in [7, 11) is 1.74. The number of ether oxygens (including phenoxy) is 1. The lowest BCUT2D eigenvalue weighted by atomic mass is 10.3. The fourth-order valence-corrected chi connectivity index (χ4v) is 2.09. The molecule has 2 rings (SSSR count). The molecule has 0 radical (unpaired) electrons. The number of methoxy groups -OCH3 is 1. The lowest BCUT2D eigenvalue weighted by Gasteiger charge is -2.03. The van der Waals surface area contributed by atoms with Crippen molar-refractivity contribution in [2.24, 2.45) is 0 Å². The highest BCUT2D eigenvalue weighted by molar-refractivity contribution is 5.70. The van der Waals surface area contributed by atoms with Gasteiger partial charge in [-0.1, -0.05) is 12.1 Å². The summed E-state index contributed by atoms with van der Waals surface area (Å²) in [5.41, 5.74) is 2.47. The van der Waals surface area contributed by atoms with Gasteiger partial charge in [0.15, 0.2) is 11.0 Å². The first-order chi connectivity index (χ1) is 8.92. The van der Waals surface area contributed by atoms with Gasteiger partial charge < -0.3 is 10.1 Å². The van der Waals surface area contributed by atoms with Gasteiger partial charge in [0.1, 0.15) is 0 Å². The van der Waals surface area contributed by atoms with Crippen LogP contribution in [0.3, 0.4) is 0 Å². The topological polar surface area (TPSA) is 40.9 Å². The number of H-pyrrole nitrogens is 1. The van der Waals surface area contributed by atoms with Gasteiger partial charge in [-0.25, -0.2) is 9.55 Å². The Morgan fingerprint density at radius 2 is 2.06 bits per heavy atom. The number of rotatable bonds is 8. The molecule has 1 heterocycles. The van der Waals surface area contributed by atoms with E-state index in [0.29, 0.717) is 0 Å². The molecule has 0 atom stereocenters. The molecule has 2 N–H and O–H groups in total. The van der Waals surface area contributed by atoms with Gasteiger partial charge in [-0.2, -0.15) is 0 Å². The van der Waals surface area contributed by atoms with Crippen LogP contribution in [0.4, 0.5) is 0 Å². The molecule has 0 unspecified atom stereocenters. The number of nitrogens with one attached hydrogen (secondary N) is 2. The van der Waals surface area contributed by atoms with Crippen LogP contribution in [-0.4, -0.2) is 31.8 Å². The first-order valence-electron chi connectivity index (χ1n) is 6.57. The molecule has 18 heavy (non-hydrogen) atoms. The largest absolute Gasteiger partial charge is 0.385 e. The summed E-state index contributed by atoms with van der Waals surface area (Å²) in [5, 5.41) is 3.43. The number of nitrogens with zero attached hydrogens (tertiary/aromatic N) is 1. The van der Waals surface area contributed by atoms with E-state index in [-0.39, 0.29) is 0 Å². The van der Waals surface area contributed by atoms with E-state index in [4.69, 9.17) is 4.74 Å². The molecule has 4 nitrogen and oxygen atoms in total. The maximum absolute atomic E-state index is 5.01. The van der Waals surface area contributed by atoms with Crippen LogP contribution < -0.4 is 9.88 Å². The van der Waals surface area contributed by atoms with E-state index in [2.05, 4.69) is 45.5 Å². The Bertz CT molecular complexity index is 467. The molecule has 0 amide bonds. The van der Waals surface area contributed by atoms with Gasteiger partial charge in [0.2, 0.25) is 6.33 Å². The second-order valence-electron chi connectivity index (χ2n) is 4.43. The molecule has 2 aromatic rings. The summed E-state index contributed by atoms with van der Waals surface area (Å²) in [6, 6.07) is 8.39. The molecule has 0 saturated carbocycles. The number of fused-ring (bicyclic) bond motifs is 1. The fourth-order valence-electron chi connectivity index (χ4n) is 2.09. The Morgan fingerprint density at radius 1 is 1.22 bits per heavy atom. The van der Waals surface area contributed by atoms with E-state index in [1.807, 2.05) is 0 Å². The van der Waals surface area contributed by atoms with Crippen LogP contribution in [0.15, 0.2) is 30.6 Å². The SMILES string of the molecule is COCCCNCCC[n+]1c[nH]c2ccccc21.